The highest BCUT2D eigenvalue weighted by molar-refractivity contribution is 5.38. The number of rotatable bonds is 7. The summed E-state index contributed by atoms with van der Waals surface area (Å²) >= 11 is 0. The zero-order chi connectivity index (χ0) is 13.5. The van der Waals surface area contributed by atoms with E-state index in [4.69, 9.17) is 9.84 Å². The van der Waals surface area contributed by atoms with Crippen LogP contribution in [0.3, 0.4) is 0 Å². The van der Waals surface area contributed by atoms with Crippen molar-refractivity contribution in [2.45, 2.75) is 32.2 Å². The minimum Gasteiger partial charge on any atom is -0.496 e. The maximum atomic E-state index is 8.99. The van der Waals surface area contributed by atoms with Crippen molar-refractivity contribution >= 4 is 0 Å². The topological polar surface area (TPSA) is 32.7 Å². The first kappa shape index (κ1) is 15.0. The van der Waals surface area contributed by atoms with Crippen LogP contribution in [0.4, 0.5) is 0 Å². The van der Waals surface area contributed by atoms with E-state index in [0.29, 0.717) is 6.04 Å². The van der Waals surface area contributed by atoms with Gasteiger partial charge in [-0.25, -0.2) is 0 Å². The summed E-state index contributed by atoms with van der Waals surface area (Å²) in [6.45, 7) is 2.39. The lowest BCUT2D eigenvalue weighted by atomic mass is 9.98. The molecule has 0 spiro atoms. The second-order valence-electron chi connectivity index (χ2n) is 4.77. The van der Waals surface area contributed by atoms with Crippen molar-refractivity contribution in [3.8, 4) is 5.75 Å². The van der Waals surface area contributed by atoms with Gasteiger partial charge in [0.2, 0.25) is 0 Å². The average molecular weight is 251 g/mol. The Balaban J connectivity index is 2.97. The Morgan fingerprint density at radius 3 is 2.56 bits per heavy atom. The summed E-state index contributed by atoms with van der Waals surface area (Å²) in [5.41, 5.74) is 2.54. The van der Waals surface area contributed by atoms with Gasteiger partial charge in [-0.3, -0.25) is 0 Å². The van der Waals surface area contributed by atoms with Crippen LogP contribution >= 0.6 is 0 Å². The molecule has 0 aliphatic heterocycles. The number of ether oxygens (including phenoxy) is 1. The fraction of sp³-hybridized carbons (Fsp3) is 0.600. The largest absolute Gasteiger partial charge is 0.496 e. The summed E-state index contributed by atoms with van der Waals surface area (Å²) in [7, 11) is 5.87. The molecule has 1 atom stereocenters. The van der Waals surface area contributed by atoms with Crippen molar-refractivity contribution in [3.63, 3.8) is 0 Å². The fourth-order valence-corrected chi connectivity index (χ4v) is 2.29. The minimum atomic E-state index is 0.251. The second-order valence-corrected chi connectivity index (χ2v) is 4.77. The summed E-state index contributed by atoms with van der Waals surface area (Å²) in [6.07, 6.45) is 2.77. The summed E-state index contributed by atoms with van der Waals surface area (Å²) in [5.74, 6) is 0.959. The molecule has 0 saturated carbocycles. The molecule has 0 radical (unpaired) electrons. The molecule has 0 heterocycles. The Hall–Kier alpha value is -1.06. The summed E-state index contributed by atoms with van der Waals surface area (Å²) in [6, 6.07) is 6.75. The van der Waals surface area contributed by atoms with Crippen molar-refractivity contribution < 1.29 is 9.84 Å². The molecule has 0 bridgehead atoms. The zero-order valence-electron chi connectivity index (χ0n) is 11.9. The molecule has 3 nitrogen and oxygen atoms in total. The third-order valence-corrected chi connectivity index (χ3v) is 3.33. The monoisotopic (exact) mass is 251 g/mol. The molecule has 0 saturated heterocycles. The molecule has 18 heavy (non-hydrogen) atoms. The van der Waals surface area contributed by atoms with Gasteiger partial charge >= 0.3 is 0 Å². The second kappa shape index (κ2) is 7.39. The van der Waals surface area contributed by atoms with E-state index < -0.39 is 0 Å². The van der Waals surface area contributed by atoms with E-state index in [9.17, 15) is 0 Å². The van der Waals surface area contributed by atoms with E-state index in [0.717, 1.165) is 25.0 Å². The molecule has 3 heteroatoms. The fourth-order valence-electron chi connectivity index (χ4n) is 2.29. The molecule has 1 aromatic rings. The Labute approximate surface area is 110 Å². The Morgan fingerprint density at radius 1 is 1.33 bits per heavy atom. The summed E-state index contributed by atoms with van der Waals surface area (Å²) < 4.78 is 5.36. The van der Waals surface area contributed by atoms with Gasteiger partial charge in [-0.05, 0) is 50.6 Å². The molecule has 0 aliphatic carbocycles. The quantitative estimate of drug-likeness (QED) is 0.808. The predicted molar refractivity (Wildman–Crippen MR) is 75.1 cm³/mol. The first-order valence-electron chi connectivity index (χ1n) is 6.58. The SMILES string of the molecule is CCc1cc(C(CCCO)N(C)C)ccc1OC. The lowest BCUT2D eigenvalue weighted by molar-refractivity contribution is 0.235. The van der Waals surface area contributed by atoms with Gasteiger partial charge in [0, 0.05) is 12.6 Å². The maximum Gasteiger partial charge on any atom is 0.122 e. The van der Waals surface area contributed by atoms with Gasteiger partial charge in [0.1, 0.15) is 5.75 Å². The Bertz CT molecular complexity index is 364. The van der Waals surface area contributed by atoms with Crippen LogP contribution in [-0.4, -0.2) is 37.8 Å². The van der Waals surface area contributed by atoms with E-state index in [1.54, 1.807) is 7.11 Å². The number of hydrogen-bond acceptors (Lipinski definition) is 3. The van der Waals surface area contributed by atoms with E-state index in [1.807, 2.05) is 6.07 Å². The number of benzene rings is 1. The predicted octanol–water partition coefficient (Wildman–Crippen LogP) is 2.63. The zero-order valence-corrected chi connectivity index (χ0v) is 11.9. The van der Waals surface area contributed by atoms with Crippen molar-refractivity contribution in [1.82, 2.24) is 4.90 Å². The van der Waals surface area contributed by atoms with Crippen molar-refractivity contribution in [2.24, 2.45) is 0 Å². The van der Waals surface area contributed by atoms with Gasteiger partial charge in [-0.1, -0.05) is 19.1 Å². The molecular weight excluding hydrogens is 226 g/mol. The van der Waals surface area contributed by atoms with Gasteiger partial charge in [-0.2, -0.15) is 0 Å². The van der Waals surface area contributed by atoms with Crippen LogP contribution < -0.4 is 4.74 Å². The van der Waals surface area contributed by atoms with Crippen LogP contribution in [0.5, 0.6) is 5.75 Å². The molecule has 102 valence electrons. The molecule has 0 aromatic heterocycles. The van der Waals surface area contributed by atoms with Crippen molar-refractivity contribution in [2.75, 3.05) is 27.8 Å². The highest BCUT2D eigenvalue weighted by Crippen LogP contribution is 2.28. The molecule has 1 unspecified atom stereocenters. The number of hydrogen-bond donors (Lipinski definition) is 1. The molecule has 1 aromatic carbocycles. The Morgan fingerprint density at radius 2 is 2.06 bits per heavy atom. The molecule has 0 fully saturated rings. The van der Waals surface area contributed by atoms with E-state index in [2.05, 4.69) is 38.1 Å². The average Bonchev–Trinajstić information content (AvgIpc) is 2.38. The van der Waals surface area contributed by atoms with Crippen molar-refractivity contribution in [3.05, 3.63) is 29.3 Å². The summed E-state index contributed by atoms with van der Waals surface area (Å²) in [5, 5.41) is 8.99. The lowest BCUT2D eigenvalue weighted by Crippen LogP contribution is -2.20. The van der Waals surface area contributed by atoms with Gasteiger partial charge < -0.3 is 14.7 Å². The summed E-state index contributed by atoms with van der Waals surface area (Å²) in [4.78, 5) is 2.21. The van der Waals surface area contributed by atoms with Gasteiger partial charge in [0.15, 0.2) is 0 Å². The Kier molecular flexibility index (Phi) is 6.16. The van der Waals surface area contributed by atoms with Crippen LogP contribution in [0.15, 0.2) is 18.2 Å². The van der Waals surface area contributed by atoms with Crippen LogP contribution in [0, 0.1) is 0 Å². The number of aliphatic hydroxyl groups excluding tert-OH is 1. The number of nitrogens with zero attached hydrogens (tertiary/aromatic N) is 1. The van der Waals surface area contributed by atoms with E-state index >= 15 is 0 Å². The number of methoxy groups -OCH3 is 1. The van der Waals surface area contributed by atoms with Crippen LogP contribution in [0.25, 0.3) is 0 Å². The molecule has 1 rings (SSSR count). The number of aliphatic hydroxyl groups is 1. The first-order valence-corrected chi connectivity index (χ1v) is 6.58. The third kappa shape index (κ3) is 3.72. The standard InChI is InChI=1S/C15H25NO2/c1-5-12-11-13(8-9-15(12)18-4)14(16(2)3)7-6-10-17/h8-9,11,14,17H,5-7,10H2,1-4H3. The van der Waals surface area contributed by atoms with E-state index in [1.165, 1.54) is 11.1 Å². The molecular formula is C15H25NO2. The molecule has 0 aliphatic rings. The third-order valence-electron chi connectivity index (χ3n) is 3.33. The lowest BCUT2D eigenvalue weighted by Gasteiger charge is -2.25. The molecule has 1 N–H and O–H groups in total. The normalized spacial score (nSPS) is 12.8. The number of aryl methyl sites for hydroxylation is 1. The van der Waals surface area contributed by atoms with Crippen LogP contribution in [0.1, 0.15) is 36.9 Å². The van der Waals surface area contributed by atoms with E-state index in [-0.39, 0.29) is 6.61 Å². The van der Waals surface area contributed by atoms with Gasteiger partial charge in [0.25, 0.3) is 0 Å². The van der Waals surface area contributed by atoms with Crippen molar-refractivity contribution in [1.29, 1.82) is 0 Å². The first-order chi connectivity index (χ1) is 8.63. The maximum absolute atomic E-state index is 8.99. The van der Waals surface area contributed by atoms with Gasteiger partial charge in [0.05, 0.1) is 7.11 Å². The van der Waals surface area contributed by atoms with Crippen LogP contribution in [0.2, 0.25) is 0 Å². The smallest absolute Gasteiger partial charge is 0.122 e. The highest BCUT2D eigenvalue weighted by Gasteiger charge is 2.15. The highest BCUT2D eigenvalue weighted by atomic mass is 16.5. The minimum absolute atomic E-state index is 0.251. The van der Waals surface area contributed by atoms with Crippen LogP contribution in [-0.2, 0) is 6.42 Å². The molecule has 0 amide bonds. The van der Waals surface area contributed by atoms with Gasteiger partial charge in [-0.15, -0.1) is 0 Å².